The molecule has 0 saturated carbocycles. The maximum atomic E-state index is 6.68. The van der Waals surface area contributed by atoms with Gasteiger partial charge in [-0.05, 0) is 73.2 Å². The third-order valence-corrected chi connectivity index (χ3v) is 11.3. The van der Waals surface area contributed by atoms with Gasteiger partial charge < -0.3 is 4.74 Å². The molecule has 0 amide bonds. The highest BCUT2D eigenvalue weighted by Gasteiger charge is 2.39. The largest absolute Gasteiger partial charge is 0.485 e. The standard InChI is InChI=1S/C53H35N3O/c1-2-14-39(15-3-1)51-54-52(40-30-28-37(29-31-40)45-22-11-17-35-13-5-7-19-43(35)45)56-53(55-51)41-32-47(50-46-20-8-9-23-48(46)57-49(50)33-41)38-26-24-36(25-27-38)44-21-10-16-34-12-4-6-18-42(34)44/h1-33,49-50H. The Morgan fingerprint density at radius 1 is 0.386 bits per heavy atom. The lowest BCUT2D eigenvalue weighted by molar-refractivity contribution is 0.272. The summed E-state index contributed by atoms with van der Waals surface area (Å²) in [5.74, 6) is 2.80. The zero-order valence-corrected chi connectivity index (χ0v) is 31.0. The number of benzene rings is 8. The van der Waals surface area contributed by atoms with Gasteiger partial charge in [0.15, 0.2) is 17.5 Å². The number of rotatable bonds is 6. The van der Waals surface area contributed by atoms with E-state index in [1.54, 1.807) is 0 Å². The van der Waals surface area contributed by atoms with Gasteiger partial charge in [0.2, 0.25) is 0 Å². The average Bonchev–Trinajstić information content (AvgIpc) is 3.67. The average molecular weight is 730 g/mol. The Balaban J connectivity index is 1.02. The molecule has 8 aromatic carbocycles. The fraction of sp³-hybridized carbons (Fsp3) is 0.0377. The normalized spacial score (nSPS) is 15.7. The van der Waals surface area contributed by atoms with Crippen LogP contribution in [0.3, 0.4) is 0 Å². The molecule has 2 atom stereocenters. The van der Waals surface area contributed by atoms with Gasteiger partial charge in [-0.3, -0.25) is 0 Å². The van der Waals surface area contributed by atoms with Crippen LogP contribution in [-0.4, -0.2) is 21.1 Å². The van der Waals surface area contributed by atoms with Crippen molar-refractivity contribution in [3.8, 4) is 50.8 Å². The first-order valence-corrected chi connectivity index (χ1v) is 19.4. The summed E-state index contributed by atoms with van der Waals surface area (Å²) in [5, 5.41) is 4.93. The first kappa shape index (κ1) is 33.0. The van der Waals surface area contributed by atoms with Crippen molar-refractivity contribution < 1.29 is 4.74 Å². The minimum atomic E-state index is -0.212. The number of hydrogen-bond donors (Lipinski definition) is 0. The summed E-state index contributed by atoms with van der Waals surface area (Å²) < 4.78 is 6.68. The maximum Gasteiger partial charge on any atom is 0.164 e. The zero-order chi connectivity index (χ0) is 37.7. The molecule has 0 N–H and O–H groups in total. The molecule has 1 aliphatic carbocycles. The third kappa shape index (κ3) is 5.90. The van der Waals surface area contributed by atoms with E-state index in [9.17, 15) is 0 Å². The van der Waals surface area contributed by atoms with Gasteiger partial charge in [0.25, 0.3) is 0 Å². The van der Waals surface area contributed by atoms with E-state index in [-0.39, 0.29) is 12.0 Å². The third-order valence-electron chi connectivity index (χ3n) is 11.3. The topological polar surface area (TPSA) is 47.9 Å². The highest BCUT2D eigenvalue weighted by atomic mass is 16.5. The van der Waals surface area contributed by atoms with Crippen molar-refractivity contribution in [3.05, 3.63) is 217 Å². The van der Waals surface area contributed by atoms with Gasteiger partial charge in [0, 0.05) is 22.3 Å². The molecule has 1 aromatic heterocycles. The van der Waals surface area contributed by atoms with Crippen LogP contribution in [0.1, 0.15) is 22.9 Å². The maximum absolute atomic E-state index is 6.68. The summed E-state index contributed by atoms with van der Waals surface area (Å²) in [6, 6.07) is 66.1. The number of aromatic nitrogens is 3. The van der Waals surface area contributed by atoms with Crippen molar-refractivity contribution in [2.75, 3.05) is 0 Å². The van der Waals surface area contributed by atoms with Crippen molar-refractivity contribution in [1.82, 2.24) is 15.0 Å². The van der Waals surface area contributed by atoms with Crippen LogP contribution < -0.4 is 4.74 Å². The van der Waals surface area contributed by atoms with Gasteiger partial charge >= 0.3 is 0 Å². The van der Waals surface area contributed by atoms with Crippen molar-refractivity contribution in [1.29, 1.82) is 0 Å². The summed E-state index contributed by atoms with van der Waals surface area (Å²) in [4.78, 5) is 15.4. The lowest BCUT2D eigenvalue weighted by Crippen LogP contribution is -2.21. The second kappa shape index (κ2) is 13.7. The van der Waals surface area contributed by atoms with Gasteiger partial charge in [0.1, 0.15) is 11.9 Å². The predicted octanol–water partition coefficient (Wildman–Crippen LogP) is 12.9. The molecule has 2 heterocycles. The Labute approximate surface area is 331 Å². The quantitative estimate of drug-likeness (QED) is 0.171. The molecule has 0 fully saturated rings. The SMILES string of the molecule is C1=C(c2nc(-c3ccccc3)nc(-c3ccc(-c4cccc5ccccc45)cc3)n2)C=C(c2ccc(-c3cccc4ccccc34)cc2)C2c3ccccc3OC12. The zero-order valence-electron chi connectivity index (χ0n) is 31.0. The van der Waals surface area contributed by atoms with Crippen molar-refractivity contribution in [2.24, 2.45) is 0 Å². The lowest BCUT2D eigenvalue weighted by atomic mass is 9.79. The second-order valence-corrected chi connectivity index (χ2v) is 14.7. The van der Waals surface area contributed by atoms with Crippen LogP contribution in [0.2, 0.25) is 0 Å². The molecule has 4 nitrogen and oxygen atoms in total. The van der Waals surface area contributed by atoms with Gasteiger partial charge in [-0.15, -0.1) is 0 Å². The molecular weight excluding hydrogens is 695 g/mol. The number of fused-ring (bicyclic) bond motifs is 5. The molecule has 57 heavy (non-hydrogen) atoms. The first-order valence-electron chi connectivity index (χ1n) is 19.4. The van der Waals surface area contributed by atoms with Gasteiger partial charge in [-0.2, -0.15) is 0 Å². The van der Waals surface area contributed by atoms with E-state index in [2.05, 4.69) is 164 Å². The number of para-hydroxylation sites is 1. The van der Waals surface area contributed by atoms with Crippen LogP contribution in [0.5, 0.6) is 5.75 Å². The summed E-state index contributed by atoms with van der Waals surface area (Å²) >= 11 is 0. The summed E-state index contributed by atoms with van der Waals surface area (Å²) in [5.41, 5.74) is 11.0. The molecule has 9 aromatic rings. The van der Waals surface area contributed by atoms with Crippen LogP contribution in [0.4, 0.5) is 0 Å². The van der Waals surface area contributed by atoms with Gasteiger partial charge in [0.05, 0.1) is 5.92 Å². The van der Waals surface area contributed by atoms with Crippen molar-refractivity contribution >= 4 is 32.7 Å². The lowest BCUT2D eigenvalue weighted by Gasteiger charge is -2.26. The second-order valence-electron chi connectivity index (χ2n) is 14.7. The van der Waals surface area contributed by atoms with E-state index >= 15 is 0 Å². The summed E-state index contributed by atoms with van der Waals surface area (Å²) in [6.45, 7) is 0. The molecule has 0 saturated heterocycles. The molecule has 0 bridgehead atoms. The molecule has 11 rings (SSSR count). The minimum Gasteiger partial charge on any atom is -0.485 e. The monoisotopic (exact) mass is 729 g/mol. The Morgan fingerprint density at radius 3 is 1.53 bits per heavy atom. The van der Waals surface area contributed by atoms with E-state index < -0.39 is 0 Å². The molecule has 2 unspecified atom stereocenters. The van der Waals surface area contributed by atoms with Gasteiger partial charge in [-0.1, -0.05) is 182 Å². The Kier molecular flexibility index (Phi) is 7.92. The van der Waals surface area contributed by atoms with Gasteiger partial charge in [-0.25, -0.2) is 15.0 Å². The smallest absolute Gasteiger partial charge is 0.164 e. The van der Waals surface area contributed by atoms with Crippen LogP contribution in [0.15, 0.2) is 200 Å². The highest BCUT2D eigenvalue weighted by molar-refractivity contribution is 5.98. The Morgan fingerprint density at radius 2 is 0.877 bits per heavy atom. The number of ether oxygens (including phenoxy) is 1. The Hall–Kier alpha value is -7.43. The molecule has 1 aliphatic heterocycles. The van der Waals surface area contributed by atoms with Crippen LogP contribution >= 0.6 is 0 Å². The van der Waals surface area contributed by atoms with Crippen LogP contribution in [0, 0.1) is 0 Å². The van der Waals surface area contributed by atoms with E-state index in [0.29, 0.717) is 17.5 Å². The van der Waals surface area contributed by atoms with E-state index in [1.807, 2.05) is 36.4 Å². The summed E-state index contributed by atoms with van der Waals surface area (Å²) in [6.07, 6.45) is 4.24. The predicted molar refractivity (Wildman–Crippen MR) is 233 cm³/mol. The fourth-order valence-electron chi connectivity index (χ4n) is 8.54. The summed E-state index contributed by atoms with van der Waals surface area (Å²) in [7, 11) is 0. The fourth-order valence-corrected chi connectivity index (χ4v) is 8.54. The van der Waals surface area contributed by atoms with E-state index in [0.717, 1.165) is 33.6 Å². The first-order chi connectivity index (χ1) is 28.2. The molecule has 268 valence electrons. The number of hydrogen-bond acceptors (Lipinski definition) is 4. The Bertz CT molecular complexity index is 3030. The minimum absolute atomic E-state index is 0.0323. The van der Waals surface area contributed by atoms with Crippen molar-refractivity contribution in [2.45, 2.75) is 12.0 Å². The number of allylic oxidation sites excluding steroid dienone is 2. The van der Waals surface area contributed by atoms with E-state index in [4.69, 9.17) is 19.7 Å². The molecule has 4 heteroatoms. The molecule has 2 aliphatic rings. The van der Waals surface area contributed by atoms with Crippen molar-refractivity contribution in [3.63, 3.8) is 0 Å². The van der Waals surface area contributed by atoms with E-state index in [1.165, 1.54) is 49.4 Å². The molecule has 0 spiro atoms. The molecular formula is C53H35N3O. The molecule has 0 radical (unpaired) electrons. The van der Waals surface area contributed by atoms with Crippen LogP contribution in [0.25, 0.3) is 77.7 Å². The number of nitrogens with zero attached hydrogens (tertiary/aromatic N) is 3. The highest BCUT2D eigenvalue weighted by Crippen LogP contribution is 2.50. The van der Waals surface area contributed by atoms with Crippen LogP contribution in [-0.2, 0) is 0 Å².